The molecule has 3 atom stereocenters. The first-order chi connectivity index (χ1) is 32.6. The van der Waals surface area contributed by atoms with E-state index in [-0.39, 0.29) is 94.1 Å². The van der Waals surface area contributed by atoms with E-state index < -0.39 is 6.97 Å². The largest absolute Gasteiger partial charge is 0.737 e. The summed E-state index contributed by atoms with van der Waals surface area (Å²) in [5, 5.41) is 8.63. The number of carbonyl (C=O) groups excluding carboxylic acids is 4. The van der Waals surface area contributed by atoms with Gasteiger partial charge in [0.25, 0.3) is 0 Å². The van der Waals surface area contributed by atoms with Crippen molar-refractivity contribution in [2.24, 2.45) is 5.92 Å². The lowest BCUT2D eigenvalue weighted by molar-refractivity contribution is -0.360. The molecular formula is C49H57BF2N8O7. The Labute approximate surface area is 388 Å². The first kappa shape index (κ1) is 45.6. The standard InChI is InChI=1S/C49H57BF2N8O7/c51-50(52)59-37(11-12-38(59)31-39-13-15-43(60(39)50)41-10-5-21-53-41)14-16-45(61)54-22-28-65-27-20-46(62)55-23-29-66-40-9-4-8-36(30-40)48(34-6-2-1-3-7-34)35-17-24-57(25-18-35)49(64)58-26-19-44-42(32-58)56-47(63)33-67-44/h1-13,15,21,30-31,35,42,44,48,53H,14,16-20,22-29,32-33H2,(H,54,61)(H,55,62)(H,56,63)/t42-,44+,48-/m1/s1. The van der Waals surface area contributed by atoms with Crippen LogP contribution in [0.25, 0.3) is 6.08 Å². The number of aryl methyl sites for hydroxylation is 1. The Kier molecular flexibility index (Phi) is 14.0. The summed E-state index contributed by atoms with van der Waals surface area (Å²) in [6, 6.07) is 25.2. The highest BCUT2D eigenvalue weighted by Crippen LogP contribution is 2.40. The molecule has 18 heteroatoms. The molecule has 2 aromatic carbocycles. The Morgan fingerprint density at radius 2 is 1.63 bits per heavy atom. The van der Waals surface area contributed by atoms with E-state index in [1.165, 1.54) is 5.56 Å². The van der Waals surface area contributed by atoms with Gasteiger partial charge in [0.15, 0.2) is 11.4 Å². The molecule has 5 amide bonds. The number of rotatable bonds is 17. The van der Waals surface area contributed by atoms with Crippen molar-refractivity contribution in [2.45, 2.75) is 56.6 Å². The molecule has 3 saturated heterocycles. The van der Waals surface area contributed by atoms with Crippen LogP contribution in [0, 0.1) is 5.92 Å². The van der Waals surface area contributed by atoms with E-state index in [9.17, 15) is 19.2 Å². The zero-order chi connectivity index (χ0) is 46.3. The van der Waals surface area contributed by atoms with Crippen LogP contribution in [0.5, 0.6) is 5.75 Å². The normalized spacial score (nSPS) is 20.3. The van der Waals surface area contributed by atoms with Crippen LogP contribution in [0.15, 0.2) is 103 Å². The molecule has 352 valence electrons. The molecule has 15 nitrogen and oxygen atoms in total. The number of allylic oxidation sites excluding steroid dienone is 2. The number of hydrogen-bond acceptors (Lipinski definition) is 7. The van der Waals surface area contributed by atoms with Gasteiger partial charge in [-0.15, -0.1) is 0 Å². The molecule has 3 fully saturated rings. The van der Waals surface area contributed by atoms with E-state index in [1.54, 1.807) is 48.7 Å². The molecular weight excluding hydrogens is 861 g/mol. The fourth-order valence-corrected chi connectivity index (χ4v) is 10.1. The summed E-state index contributed by atoms with van der Waals surface area (Å²) in [7, 11) is 0. The molecule has 5 aliphatic heterocycles. The van der Waals surface area contributed by atoms with Gasteiger partial charge in [0.1, 0.15) is 24.7 Å². The minimum Gasteiger partial charge on any atom is -0.492 e. The Morgan fingerprint density at radius 1 is 0.851 bits per heavy atom. The van der Waals surface area contributed by atoms with Crippen molar-refractivity contribution >= 4 is 42.5 Å². The number of nitrogens with one attached hydrogen (secondary N) is 4. The smallest absolute Gasteiger partial charge is 0.492 e. The molecule has 0 unspecified atom stereocenters. The van der Waals surface area contributed by atoms with Gasteiger partial charge in [-0.05, 0) is 84.8 Å². The van der Waals surface area contributed by atoms with Crippen molar-refractivity contribution in [3.8, 4) is 5.75 Å². The van der Waals surface area contributed by atoms with Crippen LogP contribution < -0.4 is 20.7 Å². The zero-order valence-electron chi connectivity index (χ0n) is 37.4. The molecule has 0 radical (unpaired) electrons. The zero-order valence-corrected chi connectivity index (χ0v) is 37.4. The molecule has 0 spiro atoms. The van der Waals surface area contributed by atoms with E-state index in [0.717, 1.165) is 27.4 Å². The lowest BCUT2D eigenvalue weighted by atomic mass is 9.76. The molecule has 2 aromatic heterocycles. The van der Waals surface area contributed by atoms with Crippen LogP contribution in [-0.4, -0.2) is 138 Å². The number of hydrogen-bond donors (Lipinski definition) is 4. The van der Waals surface area contributed by atoms with Crippen LogP contribution in [0.2, 0.25) is 0 Å². The Balaban J connectivity index is 0.672. The number of halogens is 2. The van der Waals surface area contributed by atoms with E-state index in [4.69, 9.17) is 14.2 Å². The highest BCUT2D eigenvalue weighted by atomic mass is 19.2. The van der Waals surface area contributed by atoms with Crippen LogP contribution in [0.1, 0.15) is 66.2 Å². The number of ether oxygens (including phenoxy) is 3. The van der Waals surface area contributed by atoms with Gasteiger partial charge in [-0.25, -0.2) is 4.79 Å². The molecule has 9 rings (SSSR count). The van der Waals surface area contributed by atoms with Gasteiger partial charge < -0.3 is 62.5 Å². The first-order valence-corrected chi connectivity index (χ1v) is 23.4. The van der Waals surface area contributed by atoms with E-state index in [1.807, 2.05) is 28.0 Å². The molecule has 0 aliphatic carbocycles. The molecule has 0 bridgehead atoms. The molecule has 4 aromatic rings. The van der Waals surface area contributed by atoms with Gasteiger partial charge in [0.2, 0.25) is 17.7 Å². The second-order valence-corrected chi connectivity index (χ2v) is 17.7. The summed E-state index contributed by atoms with van der Waals surface area (Å²) in [6.45, 7) is -0.563. The Bertz CT molecular complexity index is 2520. The number of aromatic amines is 1. The maximum atomic E-state index is 16.0. The Hall–Kier alpha value is -6.53. The van der Waals surface area contributed by atoms with Crippen LogP contribution >= 0.6 is 0 Å². The average Bonchev–Trinajstić information content (AvgIpc) is 4.13. The number of urea groups is 1. The van der Waals surface area contributed by atoms with Gasteiger partial charge >= 0.3 is 13.0 Å². The van der Waals surface area contributed by atoms with E-state index in [2.05, 4.69) is 57.3 Å². The SMILES string of the molecule is O=C(CCOCCNC(=O)CCc1ccc2n1[B-](F)(F)[N+]1=C(c3ccc[nH]3)C=CC1=C2)NCCOc1cccc([C@H](c2ccccc2)C2CCN(C(=O)N3CC[C@@H]4OCC(=O)N[C@@H]4C3)CC2)c1. The van der Waals surface area contributed by atoms with Gasteiger partial charge in [0.05, 0.1) is 31.9 Å². The van der Waals surface area contributed by atoms with Gasteiger partial charge in [-0.3, -0.25) is 14.4 Å². The third-order valence-electron chi connectivity index (χ3n) is 13.4. The van der Waals surface area contributed by atoms with Crippen LogP contribution in [-0.2, 0) is 30.3 Å². The van der Waals surface area contributed by atoms with Gasteiger partial charge in [-0.1, -0.05) is 42.5 Å². The predicted octanol–water partition coefficient (Wildman–Crippen LogP) is 4.67. The summed E-state index contributed by atoms with van der Waals surface area (Å²) in [4.78, 5) is 57.5. The molecule has 7 heterocycles. The molecule has 0 saturated carbocycles. The summed E-state index contributed by atoms with van der Waals surface area (Å²) in [6.07, 6.45) is 9.45. The highest BCUT2D eigenvalue weighted by molar-refractivity contribution is 6.58. The second kappa shape index (κ2) is 20.6. The molecule has 67 heavy (non-hydrogen) atoms. The van der Waals surface area contributed by atoms with Gasteiger partial charge in [-0.2, -0.15) is 0 Å². The number of benzene rings is 2. The maximum absolute atomic E-state index is 16.0. The first-order valence-electron chi connectivity index (χ1n) is 23.4. The number of fused-ring (bicyclic) bond motifs is 3. The monoisotopic (exact) mass is 918 g/mol. The molecule has 5 aliphatic rings. The van der Waals surface area contributed by atoms with Crippen molar-refractivity contribution in [2.75, 3.05) is 65.7 Å². The van der Waals surface area contributed by atoms with E-state index >= 15 is 8.63 Å². The Morgan fingerprint density at radius 3 is 2.43 bits per heavy atom. The second-order valence-electron chi connectivity index (χ2n) is 17.7. The summed E-state index contributed by atoms with van der Waals surface area (Å²) >= 11 is 0. The van der Waals surface area contributed by atoms with Crippen molar-refractivity contribution in [1.82, 2.24) is 35.2 Å². The maximum Gasteiger partial charge on any atom is 0.737 e. The lowest BCUT2D eigenvalue weighted by Gasteiger charge is -2.44. The van der Waals surface area contributed by atoms with Crippen molar-refractivity contribution < 1.29 is 46.5 Å². The van der Waals surface area contributed by atoms with Crippen molar-refractivity contribution in [1.29, 1.82) is 0 Å². The number of nitrogens with zero attached hydrogens (tertiary/aromatic N) is 4. The number of piperidine rings is 2. The quantitative estimate of drug-likeness (QED) is 0.0885. The molecule has 4 N–H and O–H groups in total. The lowest BCUT2D eigenvalue weighted by Crippen LogP contribution is -2.62. The van der Waals surface area contributed by atoms with Crippen molar-refractivity contribution in [3.05, 3.63) is 131 Å². The summed E-state index contributed by atoms with van der Waals surface area (Å²) < 4.78 is 51.6. The third kappa shape index (κ3) is 10.4. The number of amides is 5. The van der Waals surface area contributed by atoms with Gasteiger partial charge in [0, 0.05) is 81.6 Å². The topological polar surface area (TPSA) is 162 Å². The van der Waals surface area contributed by atoms with Crippen molar-refractivity contribution in [3.63, 3.8) is 0 Å². The fourth-order valence-electron chi connectivity index (χ4n) is 10.1. The number of H-pyrrole nitrogens is 1. The fraction of sp³-hybridized carbons (Fsp3) is 0.408. The van der Waals surface area contributed by atoms with Crippen LogP contribution in [0.4, 0.5) is 13.4 Å². The summed E-state index contributed by atoms with van der Waals surface area (Å²) in [5.41, 5.74) is 4.52. The minimum absolute atomic E-state index is 0.0167. The minimum atomic E-state index is -4.19. The third-order valence-corrected chi connectivity index (χ3v) is 13.4. The summed E-state index contributed by atoms with van der Waals surface area (Å²) in [5.74, 6) is 0.504. The number of morpholine rings is 1. The van der Waals surface area contributed by atoms with E-state index in [0.29, 0.717) is 79.3 Å². The predicted molar refractivity (Wildman–Crippen MR) is 248 cm³/mol. The number of carbonyl (C=O) groups is 4. The number of likely N-dealkylation sites (tertiary alicyclic amines) is 2. The number of aromatic nitrogens is 2. The van der Waals surface area contributed by atoms with Crippen LogP contribution in [0.3, 0.4) is 0 Å². The highest BCUT2D eigenvalue weighted by Gasteiger charge is 2.52. The average molecular weight is 919 g/mol.